The smallest absolute Gasteiger partial charge is 0.219 e. The van der Waals surface area contributed by atoms with Gasteiger partial charge in [-0.2, -0.15) is 0 Å². The number of carbonyl (C=O) groups excluding carboxylic acids is 3. The average molecular weight is 360 g/mol. The molecule has 1 aromatic carbocycles. The molecule has 0 aliphatic carbocycles. The zero-order valence-corrected chi connectivity index (χ0v) is 15.3. The first kappa shape index (κ1) is 21.8. The topological polar surface area (TPSA) is 101 Å². The number of nitrogens with one attached hydrogen (secondary N) is 2. The van der Waals surface area contributed by atoms with E-state index in [0.29, 0.717) is 25.9 Å². The normalized spacial score (nSPS) is 11.7. The van der Waals surface area contributed by atoms with Gasteiger partial charge in [-0.1, -0.05) is 36.8 Å². The molecule has 0 bridgehead atoms. The van der Waals surface area contributed by atoms with Gasteiger partial charge in [0.05, 0.1) is 6.04 Å². The van der Waals surface area contributed by atoms with E-state index in [4.69, 9.17) is 5.73 Å². The Morgan fingerprint density at radius 2 is 1.77 bits per heavy atom. The number of benzene rings is 1. The molecule has 4 N–H and O–H groups in total. The second-order valence-electron chi connectivity index (χ2n) is 6.38. The average Bonchev–Trinajstić information content (AvgIpc) is 2.64. The Morgan fingerprint density at radius 1 is 1.00 bits per heavy atom. The molecular formula is C20H30N3O3. The Balaban J connectivity index is 1.95. The van der Waals surface area contributed by atoms with Crippen LogP contribution in [0.3, 0.4) is 0 Å². The number of hydrogen-bond acceptors (Lipinski definition) is 4. The lowest BCUT2D eigenvalue weighted by Gasteiger charge is -2.10. The SMILES string of the molecule is NC(=O)CC[C@@H]([C]=O)NCCCCCC(=O)NCCCc1ccccc1. The van der Waals surface area contributed by atoms with Gasteiger partial charge in [0.2, 0.25) is 18.1 Å². The second-order valence-corrected chi connectivity index (χ2v) is 6.38. The molecule has 1 atom stereocenters. The summed E-state index contributed by atoms with van der Waals surface area (Å²) in [5, 5.41) is 5.99. The number of hydrogen-bond donors (Lipinski definition) is 3. The predicted molar refractivity (Wildman–Crippen MR) is 102 cm³/mol. The lowest BCUT2D eigenvalue weighted by atomic mass is 10.1. The van der Waals surface area contributed by atoms with Crippen LogP contribution in [0.4, 0.5) is 0 Å². The van der Waals surface area contributed by atoms with Crippen LogP contribution in [0.5, 0.6) is 0 Å². The predicted octanol–water partition coefficient (Wildman–Crippen LogP) is 1.63. The summed E-state index contributed by atoms with van der Waals surface area (Å²) in [5.41, 5.74) is 6.34. The van der Waals surface area contributed by atoms with E-state index in [2.05, 4.69) is 22.8 Å². The molecule has 2 amide bonds. The van der Waals surface area contributed by atoms with Gasteiger partial charge in [-0.25, -0.2) is 0 Å². The van der Waals surface area contributed by atoms with Crippen molar-refractivity contribution in [3.8, 4) is 0 Å². The molecule has 1 radical (unpaired) electrons. The minimum Gasteiger partial charge on any atom is -0.370 e. The molecule has 1 rings (SSSR count). The highest BCUT2D eigenvalue weighted by Gasteiger charge is 2.08. The van der Waals surface area contributed by atoms with Crippen LogP contribution in [0.2, 0.25) is 0 Å². The van der Waals surface area contributed by atoms with E-state index in [9.17, 15) is 14.4 Å². The molecule has 0 saturated carbocycles. The van der Waals surface area contributed by atoms with E-state index in [0.717, 1.165) is 32.1 Å². The molecule has 0 fully saturated rings. The van der Waals surface area contributed by atoms with Gasteiger partial charge in [0.15, 0.2) is 0 Å². The summed E-state index contributed by atoms with van der Waals surface area (Å²) in [7, 11) is 0. The number of primary amides is 1. The molecular weight excluding hydrogens is 330 g/mol. The number of carbonyl (C=O) groups is 2. The summed E-state index contributed by atoms with van der Waals surface area (Å²) in [6, 6.07) is 9.79. The first-order chi connectivity index (χ1) is 12.6. The van der Waals surface area contributed by atoms with Crippen LogP contribution in [0, 0.1) is 0 Å². The van der Waals surface area contributed by atoms with Gasteiger partial charge >= 0.3 is 0 Å². The van der Waals surface area contributed by atoms with Crippen LogP contribution in [-0.4, -0.2) is 37.2 Å². The van der Waals surface area contributed by atoms with E-state index < -0.39 is 11.9 Å². The first-order valence-electron chi connectivity index (χ1n) is 9.32. The molecule has 6 nitrogen and oxygen atoms in total. The van der Waals surface area contributed by atoms with Crippen molar-refractivity contribution < 1.29 is 14.4 Å². The van der Waals surface area contributed by atoms with Crippen molar-refractivity contribution in [3.63, 3.8) is 0 Å². The Bertz CT molecular complexity index is 534. The fraction of sp³-hybridized carbons (Fsp3) is 0.550. The van der Waals surface area contributed by atoms with Crippen molar-refractivity contribution >= 4 is 18.1 Å². The first-order valence-corrected chi connectivity index (χ1v) is 9.32. The van der Waals surface area contributed by atoms with Crippen molar-refractivity contribution in [3.05, 3.63) is 35.9 Å². The summed E-state index contributed by atoms with van der Waals surface area (Å²) < 4.78 is 0. The highest BCUT2D eigenvalue weighted by molar-refractivity contribution is 5.75. The summed E-state index contributed by atoms with van der Waals surface area (Å²) in [4.78, 5) is 33.2. The maximum absolute atomic E-state index is 11.8. The fourth-order valence-electron chi connectivity index (χ4n) is 2.61. The van der Waals surface area contributed by atoms with Crippen LogP contribution in [-0.2, 0) is 20.8 Å². The Kier molecular flexibility index (Phi) is 11.8. The second kappa shape index (κ2) is 14.0. The van der Waals surface area contributed by atoms with Crippen molar-refractivity contribution in [1.29, 1.82) is 0 Å². The number of nitrogens with two attached hydrogens (primary N) is 1. The quantitative estimate of drug-likeness (QED) is 0.414. The van der Waals surface area contributed by atoms with Gasteiger partial charge in [-0.3, -0.25) is 14.4 Å². The maximum Gasteiger partial charge on any atom is 0.219 e. The number of unbranched alkanes of at least 4 members (excludes halogenated alkanes) is 2. The van der Waals surface area contributed by atoms with Gasteiger partial charge in [-0.05, 0) is 44.2 Å². The lowest BCUT2D eigenvalue weighted by Crippen LogP contribution is -2.32. The number of rotatable bonds is 15. The summed E-state index contributed by atoms with van der Waals surface area (Å²) in [6.07, 6.45) is 7.47. The molecule has 6 heteroatoms. The van der Waals surface area contributed by atoms with E-state index in [1.165, 1.54) is 5.56 Å². The molecule has 0 aliphatic heterocycles. The van der Waals surface area contributed by atoms with Crippen molar-refractivity contribution in [1.82, 2.24) is 10.6 Å². The van der Waals surface area contributed by atoms with E-state index >= 15 is 0 Å². The van der Waals surface area contributed by atoms with Crippen LogP contribution >= 0.6 is 0 Å². The summed E-state index contributed by atoms with van der Waals surface area (Å²) >= 11 is 0. The molecule has 0 spiro atoms. The molecule has 0 unspecified atom stereocenters. The molecule has 26 heavy (non-hydrogen) atoms. The van der Waals surface area contributed by atoms with Gasteiger partial charge in [0.25, 0.3) is 0 Å². The minimum absolute atomic E-state index is 0.0894. The Hall–Kier alpha value is -2.21. The standard InChI is InChI=1S/C20H30N3O3/c21-19(25)13-12-18(16-24)22-14-6-2-5-11-20(26)23-15-7-10-17-8-3-1-4-9-17/h1,3-4,8-9,18,22H,2,5-7,10-15H2,(H2,21,25)(H,23,26)/t18-/m0/s1. The van der Waals surface area contributed by atoms with Crippen molar-refractivity contribution in [2.75, 3.05) is 13.1 Å². The zero-order chi connectivity index (χ0) is 19.0. The molecule has 0 aromatic heterocycles. The zero-order valence-electron chi connectivity index (χ0n) is 15.3. The number of amides is 2. The third kappa shape index (κ3) is 11.4. The number of aryl methyl sites for hydroxylation is 1. The molecule has 0 aliphatic rings. The Morgan fingerprint density at radius 3 is 2.46 bits per heavy atom. The monoisotopic (exact) mass is 360 g/mol. The fourth-order valence-corrected chi connectivity index (χ4v) is 2.61. The van der Waals surface area contributed by atoms with E-state index in [1.807, 2.05) is 24.5 Å². The molecule has 1 aromatic rings. The largest absolute Gasteiger partial charge is 0.370 e. The van der Waals surface area contributed by atoms with Crippen LogP contribution < -0.4 is 16.4 Å². The highest BCUT2D eigenvalue weighted by Crippen LogP contribution is 2.03. The van der Waals surface area contributed by atoms with Crippen LogP contribution in [0.15, 0.2) is 30.3 Å². The van der Waals surface area contributed by atoms with E-state index in [1.54, 1.807) is 0 Å². The van der Waals surface area contributed by atoms with Crippen LogP contribution in [0.25, 0.3) is 0 Å². The molecule has 0 saturated heterocycles. The van der Waals surface area contributed by atoms with Crippen molar-refractivity contribution in [2.24, 2.45) is 5.73 Å². The summed E-state index contributed by atoms with van der Waals surface area (Å²) in [5.74, 6) is -0.326. The third-order valence-electron chi connectivity index (χ3n) is 4.10. The van der Waals surface area contributed by atoms with Crippen molar-refractivity contribution in [2.45, 2.75) is 57.4 Å². The minimum atomic E-state index is -0.449. The summed E-state index contributed by atoms with van der Waals surface area (Å²) in [6.45, 7) is 1.36. The molecule has 0 heterocycles. The van der Waals surface area contributed by atoms with Gasteiger partial charge in [0, 0.05) is 19.4 Å². The Labute approximate surface area is 155 Å². The van der Waals surface area contributed by atoms with Gasteiger partial charge < -0.3 is 16.4 Å². The molecule has 143 valence electrons. The van der Waals surface area contributed by atoms with Gasteiger partial charge in [-0.15, -0.1) is 0 Å². The van der Waals surface area contributed by atoms with Crippen LogP contribution in [0.1, 0.15) is 50.5 Å². The van der Waals surface area contributed by atoms with Gasteiger partial charge in [0.1, 0.15) is 0 Å². The highest BCUT2D eigenvalue weighted by atomic mass is 16.2. The lowest BCUT2D eigenvalue weighted by molar-refractivity contribution is -0.121. The third-order valence-corrected chi connectivity index (χ3v) is 4.10. The maximum atomic E-state index is 11.8. The van der Waals surface area contributed by atoms with E-state index in [-0.39, 0.29) is 12.3 Å².